The molecule has 0 radical (unpaired) electrons. The van der Waals surface area contributed by atoms with Crippen LogP contribution in [0.4, 0.5) is 9.18 Å². The predicted octanol–water partition coefficient (Wildman–Crippen LogP) is 2.62. The number of nitrogens with one attached hydrogen (secondary N) is 1. The van der Waals surface area contributed by atoms with Crippen LogP contribution in [0, 0.1) is 11.7 Å². The third kappa shape index (κ3) is 2.95. The summed E-state index contributed by atoms with van der Waals surface area (Å²) in [5.74, 6) is 0.0893. The maximum absolute atomic E-state index is 14.0. The number of nitrogens with zero attached hydrogens (tertiary/aromatic N) is 1. The monoisotopic (exact) mass is 306 g/mol. The third-order valence-corrected chi connectivity index (χ3v) is 4.78. The van der Waals surface area contributed by atoms with Gasteiger partial charge in [0.25, 0.3) is 0 Å². The number of halogens is 1. The Morgan fingerprint density at radius 2 is 2.18 bits per heavy atom. The highest BCUT2D eigenvalue weighted by atomic mass is 19.1. The molecule has 2 atom stereocenters. The highest BCUT2D eigenvalue weighted by Gasteiger charge is 2.35. The lowest BCUT2D eigenvalue weighted by atomic mass is 9.80. The number of rotatable bonds is 4. The molecule has 0 spiro atoms. The molecular weight excluding hydrogens is 283 g/mol. The summed E-state index contributed by atoms with van der Waals surface area (Å²) < 4.78 is 14.0. The maximum Gasteiger partial charge on any atom is 0.318 e. The first-order valence-electron chi connectivity index (χ1n) is 8.07. The van der Waals surface area contributed by atoms with Crippen molar-refractivity contribution in [3.8, 4) is 0 Å². The average Bonchev–Trinajstić information content (AvgIpc) is 3.32. The largest absolute Gasteiger partial charge is 0.395 e. The molecule has 0 saturated heterocycles. The topological polar surface area (TPSA) is 52.6 Å². The minimum absolute atomic E-state index is 0.0324. The SMILES string of the molecule is C[C@H]1CCc2c(F)cccc2[C@@H]1NC(=O)N(CCO)C1CC1. The van der Waals surface area contributed by atoms with Crippen LogP contribution >= 0.6 is 0 Å². The van der Waals surface area contributed by atoms with Gasteiger partial charge in [-0.3, -0.25) is 0 Å². The number of carbonyl (C=O) groups excluding carboxylic acids is 1. The van der Waals surface area contributed by atoms with Crippen LogP contribution in [0.1, 0.15) is 43.4 Å². The highest BCUT2D eigenvalue weighted by Crippen LogP contribution is 2.36. The number of aliphatic hydroxyl groups is 1. The van der Waals surface area contributed by atoms with E-state index >= 15 is 0 Å². The first kappa shape index (κ1) is 15.3. The Kier molecular flexibility index (Phi) is 4.34. The van der Waals surface area contributed by atoms with E-state index in [9.17, 15) is 9.18 Å². The number of aliphatic hydroxyl groups excluding tert-OH is 1. The molecular formula is C17H23FN2O2. The quantitative estimate of drug-likeness (QED) is 0.898. The van der Waals surface area contributed by atoms with E-state index in [0.29, 0.717) is 6.54 Å². The van der Waals surface area contributed by atoms with Crippen molar-refractivity contribution in [2.24, 2.45) is 5.92 Å². The van der Waals surface area contributed by atoms with Gasteiger partial charge >= 0.3 is 6.03 Å². The summed E-state index contributed by atoms with van der Waals surface area (Å²) in [5, 5.41) is 12.2. The number of urea groups is 1. The number of fused-ring (bicyclic) bond motifs is 1. The number of amides is 2. The predicted molar refractivity (Wildman–Crippen MR) is 82.0 cm³/mol. The van der Waals surface area contributed by atoms with Crippen molar-refractivity contribution in [3.63, 3.8) is 0 Å². The Morgan fingerprint density at radius 3 is 2.86 bits per heavy atom. The second kappa shape index (κ2) is 6.24. The van der Waals surface area contributed by atoms with E-state index in [2.05, 4.69) is 12.2 Å². The second-order valence-electron chi connectivity index (χ2n) is 6.40. The number of carbonyl (C=O) groups is 1. The smallest absolute Gasteiger partial charge is 0.318 e. The molecule has 1 saturated carbocycles. The molecule has 5 heteroatoms. The van der Waals surface area contributed by atoms with Crippen LogP contribution in [0.3, 0.4) is 0 Å². The summed E-state index contributed by atoms with van der Waals surface area (Å²) in [6, 6.07) is 5.04. The zero-order valence-corrected chi connectivity index (χ0v) is 12.9. The van der Waals surface area contributed by atoms with Crippen molar-refractivity contribution in [2.45, 2.75) is 44.7 Å². The van der Waals surface area contributed by atoms with E-state index in [4.69, 9.17) is 5.11 Å². The van der Waals surface area contributed by atoms with E-state index in [0.717, 1.165) is 36.8 Å². The van der Waals surface area contributed by atoms with E-state index in [1.807, 2.05) is 6.07 Å². The van der Waals surface area contributed by atoms with Crippen molar-refractivity contribution >= 4 is 6.03 Å². The van der Waals surface area contributed by atoms with E-state index in [1.165, 1.54) is 6.07 Å². The molecule has 1 fully saturated rings. The molecule has 3 rings (SSSR count). The van der Waals surface area contributed by atoms with Crippen LogP contribution in [0.2, 0.25) is 0 Å². The Hall–Kier alpha value is -1.62. The van der Waals surface area contributed by atoms with Crippen molar-refractivity contribution in [1.82, 2.24) is 10.2 Å². The lowest BCUT2D eigenvalue weighted by Gasteiger charge is -2.34. The van der Waals surface area contributed by atoms with Gasteiger partial charge in [-0.05, 0) is 48.8 Å². The number of hydrogen-bond acceptors (Lipinski definition) is 2. The second-order valence-corrected chi connectivity index (χ2v) is 6.40. The standard InChI is InChI=1S/C17H23FN2O2/c1-11-5-8-13-14(3-2-4-15(13)18)16(11)19-17(22)20(9-10-21)12-6-7-12/h2-4,11-12,16,21H,5-10H2,1H3,(H,19,22)/t11-,16+/m0/s1. The van der Waals surface area contributed by atoms with Crippen molar-refractivity contribution in [3.05, 3.63) is 35.1 Å². The van der Waals surface area contributed by atoms with Crippen molar-refractivity contribution in [1.29, 1.82) is 0 Å². The summed E-state index contributed by atoms with van der Waals surface area (Å²) in [4.78, 5) is 14.2. The lowest BCUT2D eigenvalue weighted by molar-refractivity contribution is 0.166. The van der Waals surface area contributed by atoms with Gasteiger partial charge in [-0.25, -0.2) is 9.18 Å². The molecule has 120 valence electrons. The highest BCUT2D eigenvalue weighted by molar-refractivity contribution is 5.75. The lowest BCUT2D eigenvalue weighted by Crippen LogP contribution is -2.46. The fourth-order valence-corrected chi connectivity index (χ4v) is 3.36. The molecule has 0 aromatic heterocycles. The Balaban J connectivity index is 1.79. The molecule has 22 heavy (non-hydrogen) atoms. The first-order chi connectivity index (χ1) is 10.6. The Bertz CT molecular complexity index is 560. The van der Waals surface area contributed by atoms with E-state index in [1.54, 1.807) is 11.0 Å². The Morgan fingerprint density at radius 1 is 1.41 bits per heavy atom. The maximum atomic E-state index is 14.0. The minimum Gasteiger partial charge on any atom is -0.395 e. The Labute approximate surface area is 130 Å². The fourth-order valence-electron chi connectivity index (χ4n) is 3.36. The van der Waals surface area contributed by atoms with Crippen LogP contribution in [0.25, 0.3) is 0 Å². The first-order valence-corrected chi connectivity index (χ1v) is 8.07. The summed E-state index contributed by atoms with van der Waals surface area (Å²) in [6.45, 7) is 2.41. The molecule has 0 unspecified atom stereocenters. The van der Waals surface area contributed by atoms with Gasteiger partial charge in [-0.2, -0.15) is 0 Å². The molecule has 0 aliphatic heterocycles. The molecule has 2 amide bonds. The summed E-state index contributed by atoms with van der Waals surface area (Å²) in [6.07, 6.45) is 3.58. The van der Waals surface area contributed by atoms with Gasteiger partial charge in [0.2, 0.25) is 0 Å². The van der Waals surface area contributed by atoms with Gasteiger partial charge in [0.15, 0.2) is 0 Å². The summed E-state index contributed by atoms with van der Waals surface area (Å²) in [5.41, 5.74) is 1.62. The van der Waals surface area contributed by atoms with Crippen LogP contribution in [-0.2, 0) is 6.42 Å². The van der Waals surface area contributed by atoms with Crippen LogP contribution in [0.5, 0.6) is 0 Å². The summed E-state index contributed by atoms with van der Waals surface area (Å²) >= 11 is 0. The molecule has 1 aromatic carbocycles. The molecule has 2 aliphatic rings. The molecule has 2 N–H and O–H groups in total. The average molecular weight is 306 g/mol. The molecule has 1 aromatic rings. The van der Waals surface area contributed by atoms with Gasteiger partial charge in [-0.1, -0.05) is 19.1 Å². The molecule has 0 heterocycles. The molecule has 4 nitrogen and oxygen atoms in total. The normalized spacial score (nSPS) is 23.8. The number of benzene rings is 1. The van der Waals surface area contributed by atoms with E-state index in [-0.39, 0.29) is 36.5 Å². The number of hydrogen-bond donors (Lipinski definition) is 2. The molecule has 0 bridgehead atoms. The van der Waals surface area contributed by atoms with Gasteiger partial charge in [-0.15, -0.1) is 0 Å². The van der Waals surface area contributed by atoms with Crippen LogP contribution < -0.4 is 5.32 Å². The zero-order chi connectivity index (χ0) is 15.7. The van der Waals surface area contributed by atoms with Gasteiger partial charge in [0.05, 0.1) is 12.6 Å². The van der Waals surface area contributed by atoms with Crippen molar-refractivity contribution < 1.29 is 14.3 Å². The fraction of sp³-hybridized carbons (Fsp3) is 0.588. The van der Waals surface area contributed by atoms with Crippen molar-refractivity contribution in [2.75, 3.05) is 13.2 Å². The zero-order valence-electron chi connectivity index (χ0n) is 12.9. The third-order valence-electron chi connectivity index (χ3n) is 4.78. The van der Waals surface area contributed by atoms with Gasteiger partial charge in [0, 0.05) is 12.6 Å². The van der Waals surface area contributed by atoms with Gasteiger partial charge < -0.3 is 15.3 Å². The van der Waals surface area contributed by atoms with Gasteiger partial charge in [0.1, 0.15) is 5.82 Å². The van der Waals surface area contributed by atoms with Crippen LogP contribution in [-0.4, -0.2) is 35.2 Å². The molecule has 2 aliphatic carbocycles. The van der Waals surface area contributed by atoms with E-state index < -0.39 is 0 Å². The van der Waals surface area contributed by atoms with Crippen LogP contribution in [0.15, 0.2) is 18.2 Å². The minimum atomic E-state index is -0.182. The summed E-state index contributed by atoms with van der Waals surface area (Å²) in [7, 11) is 0.